The first-order valence-corrected chi connectivity index (χ1v) is 8.08. The van der Waals surface area contributed by atoms with Gasteiger partial charge in [-0.3, -0.25) is 4.79 Å². The van der Waals surface area contributed by atoms with E-state index < -0.39 is 0 Å². The molecule has 0 aliphatic heterocycles. The van der Waals surface area contributed by atoms with E-state index in [4.69, 9.17) is 4.74 Å². The molecular formula is C17H20N2O2S. The van der Waals surface area contributed by atoms with Crippen molar-refractivity contribution in [1.29, 1.82) is 0 Å². The smallest absolute Gasteiger partial charge is 0.259 e. The number of carbonyl (C=O) groups is 1. The van der Waals surface area contributed by atoms with Crippen molar-refractivity contribution in [1.82, 2.24) is 0 Å². The number of amides is 1. The summed E-state index contributed by atoms with van der Waals surface area (Å²) in [6, 6.07) is 13.3. The Balaban J connectivity index is 2.18. The molecule has 0 aromatic heterocycles. The third-order valence-electron chi connectivity index (χ3n) is 3.29. The van der Waals surface area contributed by atoms with E-state index in [9.17, 15) is 4.79 Å². The van der Waals surface area contributed by atoms with Crippen LogP contribution in [0, 0.1) is 0 Å². The number of thioether (sulfide) groups is 1. The SMILES string of the molecule is COc1cc(SC)ccc1C(=O)Nc1ccc(N(C)C)cc1. The van der Waals surface area contributed by atoms with Crippen molar-refractivity contribution >= 4 is 29.0 Å². The van der Waals surface area contributed by atoms with E-state index >= 15 is 0 Å². The highest BCUT2D eigenvalue weighted by atomic mass is 32.2. The number of rotatable bonds is 5. The Kier molecular flexibility index (Phi) is 5.33. The molecule has 116 valence electrons. The molecule has 0 fully saturated rings. The molecule has 0 unspecified atom stereocenters. The summed E-state index contributed by atoms with van der Waals surface area (Å²) in [5, 5.41) is 2.89. The molecule has 22 heavy (non-hydrogen) atoms. The Bertz CT molecular complexity index is 654. The molecule has 1 amide bonds. The third kappa shape index (κ3) is 3.74. The number of nitrogens with one attached hydrogen (secondary N) is 1. The molecule has 4 nitrogen and oxygen atoms in total. The van der Waals surface area contributed by atoms with E-state index in [0.717, 1.165) is 16.3 Å². The van der Waals surface area contributed by atoms with E-state index in [1.807, 2.05) is 61.6 Å². The highest BCUT2D eigenvalue weighted by Crippen LogP contribution is 2.26. The molecule has 5 heteroatoms. The Labute approximate surface area is 135 Å². The van der Waals surface area contributed by atoms with Crippen LogP contribution in [0.4, 0.5) is 11.4 Å². The maximum absolute atomic E-state index is 12.4. The summed E-state index contributed by atoms with van der Waals surface area (Å²) < 4.78 is 5.32. The van der Waals surface area contributed by atoms with Crippen LogP contribution in [0.25, 0.3) is 0 Å². The minimum absolute atomic E-state index is 0.179. The highest BCUT2D eigenvalue weighted by Gasteiger charge is 2.13. The fourth-order valence-corrected chi connectivity index (χ4v) is 2.46. The summed E-state index contributed by atoms with van der Waals surface area (Å²) in [6.07, 6.45) is 1.99. The van der Waals surface area contributed by atoms with Crippen molar-refractivity contribution in [2.45, 2.75) is 4.90 Å². The zero-order valence-electron chi connectivity index (χ0n) is 13.2. The molecule has 0 radical (unpaired) electrons. The van der Waals surface area contributed by atoms with Crippen LogP contribution >= 0.6 is 11.8 Å². The first kappa shape index (κ1) is 16.2. The number of methoxy groups -OCH3 is 1. The van der Waals surface area contributed by atoms with Gasteiger partial charge in [0, 0.05) is 30.4 Å². The second kappa shape index (κ2) is 7.22. The molecule has 0 atom stereocenters. The second-order valence-corrected chi connectivity index (χ2v) is 5.84. The van der Waals surface area contributed by atoms with Gasteiger partial charge in [0.05, 0.1) is 12.7 Å². The lowest BCUT2D eigenvalue weighted by atomic mass is 10.1. The van der Waals surface area contributed by atoms with Crippen molar-refractivity contribution in [3.8, 4) is 5.75 Å². The number of carbonyl (C=O) groups excluding carboxylic acids is 1. The molecule has 0 saturated heterocycles. The van der Waals surface area contributed by atoms with Crippen LogP contribution in [0.2, 0.25) is 0 Å². The van der Waals surface area contributed by atoms with Gasteiger partial charge in [-0.25, -0.2) is 0 Å². The first-order valence-electron chi connectivity index (χ1n) is 6.86. The van der Waals surface area contributed by atoms with E-state index in [-0.39, 0.29) is 5.91 Å². The zero-order valence-corrected chi connectivity index (χ0v) is 14.0. The average molecular weight is 316 g/mol. The van der Waals surface area contributed by atoms with Gasteiger partial charge in [0.1, 0.15) is 5.75 Å². The van der Waals surface area contributed by atoms with Gasteiger partial charge in [-0.2, -0.15) is 0 Å². The number of ether oxygens (including phenoxy) is 1. The fourth-order valence-electron chi connectivity index (χ4n) is 2.03. The van der Waals surface area contributed by atoms with Gasteiger partial charge in [-0.05, 0) is 48.7 Å². The van der Waals surface area contributed by atoms with E-state index in [1.54, 1.807) is 24.9 Å². The van der Waals surface area contributed by atoms with Crippen molar-refractivity contribution in [2.75, 3.05) is 37.7 Å². The fraction of sp³-hybridized carbons (Fsp3) is 0.235. The van der Waals surface area contributed by atoms with Gasteiger partial charge in [0.2, 0.25) is 0 Å². The van der Waals surface area contributed by atoms with E-state index in [0.29, 0.717) is 11.3 Å². The molecule has 0 bridgehead atoms. The summed E-state index contributed by atoms with van der Waals surface area (Å²) in [7, 11) is 5.53. The van der Waals surface area contributed by atoms with Crippen LogP contribution in [0.1, 0.15) is 10.4 Å². The minimum atomic E-state index is -0.179. The van der Waals surface area contributed by atoms with Crippen molar-refractivity contribution in [3.63, 3.8) is 0 Å². The van der Waals surface area contributed by atoms with Crippen LogP contribution in [-0.4, -0.2) is 33.4 Å². The average Bonchev–Trinajstić information content (AvgIpc) is 2.54. The molecule has 0 saturated carbocycles. The molecule has 2 aromatic carbocycles. The number of hydrogen-bond donors (Lipinski definition) is 1. The minimum Gasteiger partial charge on any atom is -0.496 e. The maximum atomic E-state index is 12.4. The summed E-state index contributed by atoms with van der Waals surface area (Å²) in [4.78, 5) is 15.5. The predicted octanol–water partition coefficient (Wildman–Crippen LogP) is 3.74. The van der Waals surface area contributed by atoms with Crippen LogP contribution < -0.4 is 15.0 Å². The Morgan fingerprint density at radius 2 is 1.82 bits per heavy atom. The van der Waals surface area contributed by atoms with Crippen LogP contribution in [0.5, 0.6) is 5.75 Å². The van der Waals surface area contributed by atoms with E-state index in [1.165, 1.54) is 0 Å². The molecule has 1 N–H and O–H groups in total. The summed E-state index contributed by atoms with van der Waals surface area (Å²) in [5.74, 6) is 0.399. The predicted molar refractivity (Wildman–Crippen MR) is 93.5 cm³/mol. The molecule has 0 aliphatic carbocycles. The number of anilines is 2. The number of benzene rings is 2. The van der Waals surface area contributed by atoms with Gasteiger partial charge in [0.15, 0.2) is 0 Å². The molecule has 0 aliphatic rings. The van der Waals surface area contributed by atoms with E-state index in [2.05, 4.69) is 5.32 Å². The van der Waals surface area contributed by atoms with Crippen molar-refractivity contribution in [3.05, 3.63) is 48.0 Å². The summed E-state index contributed by atoms with van der Waals surface area (Å²) in [5.41, 5.74) is 2.36. The lowest BCUT2D eigenvalue weighted by Crippen LogP contribution is -2.13. The number of nitrogens with zero attached hydrogens (tertiary/aromatic N) is 1. The zero-order chi connectivity index (χ0) is 16.1. The lowest BCUT2D eigenvalue weighted by Gasteiger charge is -2.14. The number of hydrogen-bond acceptors (Lipinski definition) is 4. The Morgan fingerprint density at radius 3 is 2.36 bits per heavy atom. The monoisotopic (exact) mass is 316 g/mol. The molecule has 0 heterocycles. The topological polar surface area (TPSA) is 41.6 Å². The molecule has 2 aromatic rings. The normalized spacial score (nSPS) is 10.2. The van der Waals surface area contributed by atoms with Gasteiger partial charge < -0.3 is 15.0 Å². The molecular weight excluding hydrogens is 296 g/mol. The van der Waals surface area contributed by atoms with Crippen molar-refractivity contribution in [2.24, 2.45) is 0 Å². The Morgan fingerprint density at radius 1 is 1.14 bits per heavy atom. The van der Waals surface area contributed by atoms with Crippen molar-refractivity contribution < 1.29 is 9.53 Å². The van der Waals surface area contributed by atoms with Crippen LogP contribution in [0.3, 0.4) is 0 Å². The van der Waals surface area contributed by atoms with Gasteiger partial charge in [0.25, 0.3) is 5.91 Å². The second-order valence-electron chi connectivity index (χ2n) is 4.96. The summed E-state index contributed by atoms with van der Waals surface area (Å²) in [6.45, 7) is 0. The lowest BCUT2D eigenvalue weighted by molar-refractivity contribution is 0.102. The van der Waals surface area contributed by atoms with Gasteiger partial charge in [-0.1, -0.05) is 0 Å². The third-order valence-corrected chi connectivity index (χ3v) is 4.02. The standard InChI is InChI=1S/C17H20N2O2S/c1-19(2)13-7-5-12(6-8-13)18-17(20)15-10-9-14(22-4)11-16(15)21-3/h5-11H,1-4H3,(H,18,20). The molecule has 0 spiro atoms. The largest absolute Gasteiger partial charge is 0.496 e. The van der Waals surface area contributed by atoms with Gasteiger partial charge >= 0.3 is 0 Å². The van der Waals surface area contributed by atoms with Crippen LogP contribution in [0.15, 0.2) is 47.4 Å². The highest BCUT2D eigenvalue weighted by molar-refractivity contribution is 7.98. The quantitative estimate of drug-likeness (QED) is 0.853. The molecule has 2 rings (SSSR count). The summed E-state index contributed by atoms with van der Waals surface area (Å²) >= 11 is 1.61. The first-order chi connectivity index (χ1) is 10.5. The maximum Gasteiger partial charge on any atom is 0.259 e. The van der Waals surface area contributed by atoms with Crippen LogP contribution in [-0.2, 0) is 0 Å². The Hall–Kier alpha value is -2.14. The van der Waals surface area contributed by atoms with Gasteiger partial charge in [-0.15, -0.1) is 11.8 Å².